The van der Waals surface area contributed by atoms with E-state index in [9.17, 15) is 4.79 Å². The minimum Gasteiger partial charge on any atom is -0.365 e. The third-order valence-corrected chi connectivity index (χ3v) is 3.69. The SMILES string of the molecule is CNC(=O)CN(C)c1cccc(-c2cnc3ccccc3n2)c1. The summed E-state index contributed by atoms with van der Waals surface area (Å²) in [5.74, 6) is -0.0246. The van der Waals surface area contributed by atoms with E-state index in [1.165, 1.54) is 0 Å². The molecule has 3 rings (SSSR count). The summed E-state index contributed by atoms with van der Waals surface area (Å²) in [6, 6.07) is 15.7. The highest BCUT2D eigenvalue weighted by atomic mass is 16.1. The largest absolute Gasteiger partial charge is 0.365 e. The molecule has 116 valence electrons. The fourth-order valence-electron chi connectivity index (χ4n) is 2.38. The van der Waals surface area contributed by atoms with Crippen molar-refractivity contribution in [1.29, 1.82) is 0 Å². The summed E-state index contributed by atoms with van der Waals surface area (Å²) >= 11 is 0. The number of nitrogens with one attached hydrogen (secondary N) is 1. The van der Waals surface area contributed by atoms with Gasteiger partial charge in [0.2, 0.25) is 5.91 Å². The van der Waals surface area contributed by atoms with Crippen molar-refractivity contribution in [3.8, 4) is 11.3 Å². The molecule has 5 nitrogen and oxygen atoms in total. The number of hydrogen-bond acceptors (Lipinski definition) is 4. The molecule has 3 aromatic rings. The smallest absolute Gasteiger partial charge is 0.239 e. The first-order chi connectivity index (χ1) is 11.2. The first kappa shape index (κ1) is 15.0. The van der Waals surface area contributed by atoms with Gasteiger partial charge in [0.05, 0.1) is 29.5 Å². The number of amides is 1. The van der Waals surface area contributed by atoms with Crippen LogP contribution in [0.15, 0.2) is 54.7 Å². The van der Waals surface area contributed by atoms with Gasteiger partial charge in [0, 0.05) is 25.3 Å². The van der Waals surface area contributed by atoms with Gasteiger partial charge in [-0.1, -0.05) is 24.3 Å². The van der Waals surface area contributed by atoms with Gasteiger partial charge in [-0.3, -0.25) is 9.78 Å². The van der Waals surface area contributed by atoms with Gasteiger partial charge >= 0.3 is 0 Å². The van der Waals surface area contributed by atoms with Gasteiger partial charge in [0.15, 0.2) is 0 Å². The molecule has 1 aromatic heterocycles. The number of carbonyl (C=O) groups excluding carboxylic acids is 1. The number of aromatic nitrogens is 2. The number of hydrogen-bond donors (Lipinski definition) is 1. The van der Waals surface area contributed by atoms with Gasteiger partial charge in [-0.05, 0) is 24.3 Å². The van der Waals surface area contributed by atoms with Crippen molar-refractivity contribution in [2.24, 2.45) is 0 Å². The van der Waals surface area contributed by atoms with E-state index < -0.39 is 0 Å². The van der Waals surface area contributed by atoms with E-state index in [1.807, 2.05) is 60.5 Å². The third-order valence-electron chi connectivity index (χ3n) is 3.69. The number of carbonyl (C=O) groups is 1. The average molecular weight is 306 g/mol. The Morgan fingerprint density at radius 1 is 1.13 bits per heavy atom. The molecular formula is C18H18N4O. The molecule has 0 bridgehead atoms. The molecule has 0 aliphatic heterocycles. The average Bonchev–Trinajstić information content (AvgIpc) is 2.61. The molecule has 0 saturated carbocycles. The Morgan fingerprint density at radius 2 is 1.91 bits per heavy atom. The molecule has 1 heterocycles. The summed E-state index contributed by atoms with van der Waals surface area (Å²) in [4.78, 5) is 22.5. The molecule has 23 heavy (non-hydrogen) atoms. The van der Waals surface area contributed by atoms with Gasteiger partial charge in [-0.2, -0.15) is 0 Å². The van der Waals surface area contributed by atoms with Crippen LogP contribution in [-0.4, -0.2) is 36.5 Å². The van der Waals surface area contributed by atoms with Crippen molar-refractivity contribution >= 4 is 22.6 Å². The van der Waals surface area contributed by atoms with E-state index in [0.717, 1.165) is 28.0 Å². The van der Waals surface area contributed by atoms with Crippen molar-refractivity contribution in [2.45, 2.75) is 0 Å². The van der Waals surface area contributed by atoms with Crippen LogP contribution in [0.4, 0.5) is 5.69 Å². The van der Waals surface area contributed by atoms with Crippen molar-refractivity contribution in [1.82, 2.24) is 15.3 Å². The highest BCUT2D eigenvalue weighted by Gasteiger charge is 2.08. The van der Waals surface area contributed by atoms with Crippen LogP contribution in [0.3, 0.4) is 0 Å². The Kier molecular flexibility index (Phi) is 4.19. The zero-order valence-electron chi connectivity index (χ0n) is 13.2. The Labute approximate surface area is 135 Å². The van der Waals surface area contributed by atoms with Crippen LogP contribution < -0.4 is 10.2 Å². The van der Waals surface area contributed by atoms with Crippen molar-refractivity contribution < 1.29 is 4.79 Å². The maximum absolute atomic E-state index is 11.5. The topological polar surface area (TPSA) is 58.1 Å². The lowest BCUT2D eigenvalue weighted by molar-refractivity contribution is -0.119. The highest BCUT2D eigenvalue weighted by molar-refractivity contribution is 5.81. The first-order valence-electron chi connectivity index (χ1n) is 7.41. The van der Waals surface area contributed by atoms with Gasteiger partial charge in [0.1, 0.15) is 0 Å². The molecular weight excluding hydrogens is 288 g/mol. The van der Waals surface area contributed by atoms with Crippen molar-refractivity contribution in [3.63, 3.8) is 0 Å². The Morgan fingerprint density at radius 3 is 2.70 bits per heavy atom. The minimum atomic E-state index is -0.0246. The first-order valence-corrected chi connectivity index (χ1v) is 7.41. The third kappa shape index (κ3) is 3.29. The van der Waals surface area contributed by atoms with E-state index in [1.54, 1.807) is 13.2 Å². The van der Waals surface area contributed by atoms with Crippen molar-refractivity contribution in [2.75, 3.05) is 25.5 Å². The van der Waals surface area contributed by atoms with Crippen LogP contribution in [0, 0.1) is 0 Å². The predicted molar refractivity (Wildman–Crippen MR) is 92.3 cm³/mol. The van der Waals surface area contributed by atoms with Crippen molar-refractivity contribution in [3.05, 3.63) is 54.7 Å². The fourth-order valence-corrected chi connectivity index (χ4v) is 2.38. The Bertz CT molecular complexity index is 847. The van der Waals surface area contributed by atoms with E-state index >= 15 is 0 Å². The van der Waals surface area contributed by atoms with Crippen LogP contribution in [0.1, 0.15) is 0 Å². The number of fused-ring (bicyclic) bond motifs is 1. The molecule has 0 unspecified atom stereocenters. The van der Waals surface area contributed by atoms with Crippen LogP contribution in [-0.2, 0) is 4.79 Å². The number of rotatable bonds is 4. The Hall–Kier alpha value is -2.95. The number of nitrogens with zero attached hydrogens (tertiary/aromatic N) is 3. The molecule has 1 N–H and O–H groups in total. The highest BCUT2D eigenvalue weighted by Crippen LogP contribution is 2.23. The van der Waals surface area contributed by atoms with Gasteiger partial charge in [-0.15, -0.1) is 0 Å². The van der Waals surface area contributed by atoms with Crippen LogP contribution in [0.5, 0.6) is 0 Å². The van der Waals surface area contributed by atoms with E-state index in [-0.39, 0.29) is 5.91 Å². The minimum absolute atomic E-state index is 0.0246. The van der Waals surface area contributed by atoms with Gasteiger partial charge < -0.3 is 10.2 Å². The number of benzene rings is 2. The molecule has 0 saturated heterocycles. The lowest BCUT2D eigenvalue weighted by Crippen LogP contribution is -2.32. The second kappa shape index (κ2) is 6.44. The standard InChI is InChI=1S/C18H18N4O/c1-19-18(23)12-22(2)14-7-5-6-13(10-14)17-11-20-15-8-3-4-9-16(15)21-17/h3-11H,12H2,1-2H3,(H,19,23). The monoisotopic (exact) mass is 306 g/mol. The molecule has 1 amide bonds. The molecule has 0 atom stereocenters. The molecule has 0 radical (unpaired) electrons. The zero-order chi connectivity index (χ0) is 16.2. The lowest BCUT2D eigenvalue weighted by Gasteiger charge is -2.18. The summed E-state index contributed by atoms with van der Waals surface area (Å²) in [6.45, 7) is 0.309. The number of anilines is 1. The maximum Gasteiger partial charge on any atom is 0.239 e. The molecule has 0 aliphatic rings. The number of para-hydroxylation sites is 2. The molecule has 0 spiro atoms. The fraction of sp³-hybridized carbons (Fsp3) is 0.167. The summed E-state index contributed by atoms with van der Waals surface area (Å²) in [5.41, 5.74) is 4.50. The second-order valence-corrected chi connectivity index (χ2v) is 5.32. The molecule has 0 aliphatic carbocycles. The normalized spacial score (nSPS) is 10.5. The summed E-state index contributed by atoms with van der Waals surface area (Å²) in [6.07, 6.45) is 1.78. The van der Waals surface area contributed by atoms with Crippen LogP contribution in [0.25, 0.3) is 22.3 Å². The van der Waals surface area contributed by atoms with Crippen LogP contribution >= 0.6 is 0 Å². The van der Waals surface area contributed by atoms with Gasteiger partial charge in [0.25, 0.3) is 0 Å². The van der Waals surface area contributed by atoms with Gasteiger partial charge in [-0.25, -0.2) is 4.98 Å². The summed E-state index contributed by atoms with van der Waals surface area (Å²) < 4.78 is 0. The summed E-state index contributed by atoms with van der Waals surface area (Å²) in [7, 11) is 3.53. The molecule has 5 heteroatoms. The van der Waals surface area contributed by atoms with E-state index in [2.05, 4.69) is 15.3 Å². The Balaban J connectivity index is 1.93. The summed E-state index contributed by atoms with van der Waals surface area (Å²) in [5, 5.41) is 2.63. The molecule has 0 fully saturated rings. The predicted octanol–water partition coefficient (Wildman–Crippen LogP) is 2.48. The quantitative estimate of drug-likeness (QED) is 0.804. The maximum atomic E-state index is 11.5. The lowest BCUT2D eigenvalue weighted by atomic mass is 10.1. The zero-order valence-corrected chi connectivity index (χ0v) is 13.2. The number of likely N-dealkylation sites (N-methyl/N-ethyl adjacent to an activating group) is 2. The van der Waals surface area contributed by atoms with E-state index in [0.29, 0.717) is 6.54 Å². The molecule has 2 aromatic carbocycles. The van der Waals surface area contributed by atoms with E-state index in [4.69, 9.17) is 0 Å². The van der Waals surface area contributed by atoms with Crippen LogP contribution in [0.2, 0.25) is 0 Å². The second-order valence-electron chi connectivity index (χ2n) is 5.32.